The van der Waals surface area contributed by atoms with E-state index < -0.39 is 119 Å². The third-order valence-electron chi connectivity index (χ3n) is 7.39. The lowest BCUT2D eigenvalue weighted by Gasteiger charge is -2.42. The minimum absolute atomic E-state index is 0.265. The number of aliphatic hydroxyl groups is 6. The van der Waals surface area contributed by atoms with Crippen LogP contribution in [-0.4, -0.2) is 124 Å². The lowest BCUT2D eigenvalue weighted by Crippen LogP contribution is -2.61. The first kappa shape index (κ1) is 31.5. The smallest absolute Gasteiger partial charge is 0.239 e. The number of phenolic OH excluding ortho intramolecular Hbond substituents is 5. The molecule has 0 amide bonds. The summed E-state index contributed by atoms with van der Waals surface area (Å²) in [6.07, 6.45) is -16.5. The van der Waals surface area contributed by atoms with Crippen LogP contribution in [0.25, 0.3) is 22.3 Å². The maximum absolute atomic E-state index is 13.6. The fraction of sp³-hybridized carbons (Fsp3) is 0.444. The van der Waals surface area contributed by atoms with Gasteiger partial charge in [-0.2, -0.15) is 0 Å². The number of ether oxygens (including phenoxy) is 4. The highest BCUT2D eigenvalue weighted by molar-refractivity contribution is 5.88. The molecule has 240 valence electrons. The van der Waals surface area contributed by atoms with Gasteiger partial charge in [0.2, 0.25) is 17.5 Å². The Morgan fingerprint density at radius 2 is 1.34 bits per heavy atom. The molecular weight excluding hydrogens is 596 g/mol. The van der Waals surface area contributed by atoms with Crippen LogP contribution in [0.3, 0.4) is 0 Å². The third-order valence-corrected chi connectivity index (χ3v) is 7.39. The van der Waals surface area contributed by atoms with Crippen molar-refractivity contribution in [1.29, 1.82) is 0 Å². The van der Waals surface area contributed by atoms with Gasteiger partial charge in [-0.25, -0.2) is 0 Å². The molecular formula is C27H30O17. The Morgan fingerprint density at radius 1 is 0.727 bits per heavy atom. The molecule has 0 bridgehead atoms. The number of aromatic hydroxyl groups is 5. The van der Waals surface area contributed by atoms with E-state index in [9.17, 15) is 61.0 Å². The Labute approximate surface area is 246 Å². The van der Waals surface area contributed by atoms with Gasteiger partial charge in [0.05, 0.1) is 12.7 Å². The van der Waals surface area contributed by atoms with Crippen molar-refractivity contribution in [2.75, 3.05) is 6.61 Å². The van der Waals surface area contributed by atoms with Crippen LogP contribution in [0.1, 0.15) is 6.92 Å². The summed E-state index contributed by atoms with van der Waals surface area (Å²) in [5.74, 6) is -5.16. The van der Waals surface area contributed by atoms with Crippen molar-refractivity contribution in [2.45, 2.75) is 68.3 Å². The molecule has 3 aromatic rings. The number of hydrogen-bond donors (Lipinski definition) is 11. The summed E-state index contributed by atoms with van der Waals surface area (Å²) in [6.45, 7) is 0.770. The Kier molecular flexibility index (Phi) is 8.51. The van der Waals surface area contributed by atoms with Gasteiger partial charge in [0, 0.05) is 17.7 Å². The summed E-state index contributed by atoms with van der Waals surface area (Å²) in [6, 6.07) is 3.56. The maximum atomic E-state index is 13.6. The molecule has 5 rings (SSSR count). The van der Waals surface area contributed by atoms with Crippen LogP contribution in [-0.2, 0) is 14.2 Å². The first-order chi connectivity index (χ1) is 20.7. The summed E-state index contributed by atoms with van der Waals surface area (Å²) >= 11 is 0. The average molecular weight is 627 g/mol. The summed E-state index contributed by atoms with van der Waals surface area (Å²) < 4.78 is 27.7. The zero-order valence-corrected chi connectivity index (χ0v) is 22.7. The molecule has 0 spiro atoms. The normalized spacial score (nSPS) is 32.5. The molecule has 2 aliphatic heterocycles. The van der Waals surface area contributed by atoms with Crippen molar-refractivity contribution in [3.63, 3.8) is 0 Å². The molecule has 1 aromatic heterocycles. The number of phenols is 5. The van der Waals surface area contributed by atoms with Gasteiger partial charge in [-0.3, -0.25) is 4.79 Å². The van der Waals surface area contributed by atoms with E-state index in [0.29, 0.717) is 0 Å². The minimum Gasteiger partial charge on any atom is -0.508 e. The maximum Gasteiger partial charge on any atom is 0.239 e. The van der Waals surface area contributed by atoms with Crippen molar-refractivity contribution >= 4 is 11.0 Å². The molecule has 0 aliphatic carbocycles. The highest BCUT2D eigenvalue weighted by Gasteiger charge is 2.48. The number of aliphatic hydroxyl groups excluding tert-OH is 6. The van der Waals surface area contributed by atoms with E-state index in [0.717, 1.165) is 24.3 Å². The van der Waals surface area contributed by atoms with Crippen LogP contribution in [0.2, 0.25) is 0 Å². The van der Waals surface area contributed by atoms with Gasteiger partial charge in [-0.15, -0.1) is 0 Å². The molecule has 2 saturated heterocycles. The van der Waals surface area contributed by atoms with Gasteiger partial charge >= 0.3 is 0 Å². The predicted octanol–water partition coefficient (Wildman–Crippen LogP) is -1.98. The number of fused-ring (bicyclic) bond motifs is 1. The standard InChI is InChI=1S/C27H30O17/c1-7-16(32)20(36)22(38)26(41-7)40-6-14-18(34)21(37)23(39)27(43-14)44-25-19(35)15-10(29)4-9(28)5-13(15)42-24(25)8-2-11(30)17(33)12(31)3-8/h2-5,7,14,16,18,20-23,26-34,36-39H,6H2,1H3/t7?,14?,16-,18-,20-,21?,22?,23?,26+,27-/m0/s1. The Balaban J connectivity index is 1.50. The summed E-state index contributed by atoms with van der Waals surface area (Å²) in [4.78, 5) is 13.6. The monoisotopic (exact) mass is 626 g/mol. The third kappa shape index (κ3) is 5.56. The Morgan fingerprint density at radius 3 is 2.00 bits per heavy atom. The molecule has 2 fully saturated rings. The van der Waals surface area contributed by atoms with E-state index >= 15 is 0 Å². The van der Waals surface area contributed by atoms with Gasteiger partial charge in [0.25, 0.3) is 0 Å². The molecule has 44 heavy (non-hydrogen) atoms. The second-order valence-electron chi connectivity index (χ2n) is 10.4. The van der Waals surface area contributed by atoms with E-state index in [1.165, 1.54) is 6.92 Å². The van der Waals surface area contributed by atoms with E-state index in [1.54, 1.807) is 0 Å². The van der Waals surface area contributed by atoms with E-state index in [2.05, 4.69) is 0 Å². The van der Waals surface area contributed by atoms with Crippen LogP contribution < -0.4 is 10.2 Å². The molecule has 0 saturated carbocycles. The van der Waals surface area contributed by atoms with Crippen LogP contribution >= 0.6 is 0 Å². The fourth-order valence-corrected chi connectivity index (χ4v) is 4.91. The van der Waals surface area contributed by atoms with Gasteiger partial charge in [0.1, 0.15) is 65.2 Å². The van der Waals surface area contributed by atoms with Crippen LogP contribution in [0.4, 0.5) is 0 Å². The van der Waals surface area contributed by atoms with Gasteiger partial charge in [0.15, 0.2) is 29.3 Å². The quantitative estimate of drug-likeness (QED) is 0.132. The number of hydrogen-bond acceptors (Lipinski definition) is 17. The average Bonchev–Trinajstić information content (AvgIpc) is 2.97. The lowest BCUT2D eigenvalue weighted by molar-refractivity contribution is -0.318. The van der Waals surface area contributed by atoms with Crippen molar-refractivity contribution in [3.05, 3.63) is 34.5 Å². The molecule has 3 heterocycles. The summed E-state index contributed by atoms with van der Waals surface area (Å²) in [5, 5.41) is 111. The molecule has 17 heteroatoms. The van der Waals surface area contributed by atoms with Crippen molar-refractivity contribution in [2.24, 2.45) is 0 Å². The Hall–Kier alpha value is -3.91. The molecule has 11 N–H and O–H groups in total. The topological polar surface area (TPSA) is 290 Å². The zero-order chi connectivity index (χ0) is 32.2. The number of rotatable bonds is 6. The van der Waals surface area contributed by atoms with Crippen LogP contribution in [0, 0.1) is 0 Å². The highest BCUT2D eigenvalue weighted by Crippen LogP contribution is 2.43. The van der Waals surface area contributed by atoms with E-state index in [-0.39, 0.29) is 11.1 Å². The largest absolute Gasteiger partial charge is 0.508 e. The first-order valence-electron chi connectivity index (χ1n) is 13.1. The van der Waals surface area contributed by atoms with Crippen molar-refractivity contribution in [3.8, 4) is 45.8 Å². The van der Waals surface area contributed by atoms with E-state index in [4.69, 9.17) is 23.4 Å². The lowest BCUT2D eigenvalue weighted by atomic mass is 9.98. The predicted molar refractivity (Wildman–Crippen MR) is 142 cm³/mol. The number of benzene rings is 2. The van der Waals surface area contributed by atoms with Crippen molar-refractivity contribution in [1.82, 2.24) is 0 Å². The summed E-state index contributed by atoms with van der Waals surface area (Å²) in [7, 11) is 0. The van der Waals surface area contributed by atoms with Gasteiger partial charge in [-0.05, 0) is 19.1 Å². The Bertz CT molecular complexity index is 1570. The molecule has 0 radical (unpaired) electrons. The molecule has 17 nitrogen and oxygen atoms in total. The highest BCUT2D eigenvalue weighted by atomic mass is 16.7. The molecule has 2 aliphatic rings. The second kappa shape index (κ2) is 11.9. The minimum atomic E-state index is -2.02. The van der Waals surface area contributed by atoms with Gasteiger partial charge in [-0.1, -0.05) is 0 Å². The summed E-state index contributed by atoms with van der Waals surface area (Å²) in [5.41, 5.74) is -1.74. The first-order valence-corrected chi connectivity index (χ1v) is 13.1. The van der Waals surface area contributed by atoms with E-state index in [1.807, 2.05) is 0 Å². The van der Waals surface area contributed by atoms with Gasteiger partial charge < -0.3 is 79.5 Å². The SMILES string of the molecule is CC1O[C@@H](OCC2O[C@@H](Oc3c(-c4cc(O)c(O)c(O)c4)oc4cc(O)cc(O)c4c3=O)C(O)C(O)[C@H]2O)C(O)[C@@H](O)[C@H]1O. The van der Waals surface area contributed by atoms with Crippen LogP contribution in [0.15, 0.2) is 33.5 Å². The second-order valence-corrected chi connectivity index (χ2v) is 10.4. The van der Waals surface area contributed by atoms with Crippen LogP contribution in [0.5, 0.6) is 34.5 Å². The molecule has 5 unspecified atom stereocenters. The molecule has 10 atom stereocenters. The zero-order valence-electron chi connectivity index (χ0n) is 22.7. The molecule has 2 aromatic carbocycles. The van der Waals surface area contributed by atoms with Crippen molar-refractivity contribution < 1.29 is 79.5 Å². The fourth-order valence-electron chi connectivity index (χ4n) is 4.91.